The Morgan fingerprint density at radius 1 is 1.20 bits per heavy atom. The molecule has 8 nitrogen and oxygen atoms in total. The molecule has 1 fully saturated rings. The van der Waals surface area contributed by atoms with E-state index in [-0.39, 0.29) is 24.8 Å². The van der Waals surface area contributed by atoms with Gasteiger partial charge in [-0.1, -0.05) is 60.9 Å². The number of aromatic nitrogens is 1. The number of rotatable bonds is 7. The molecule has 0 aliphatic carbocycles. The van der Waals surface area contributed by atoms with Crippen LogP contribution in [0.25, 0.3) is 11.1 Å². The van der Waals surface area contributed by atoms with Gasteiger partial charge in [0.15, 0.2) is 5.75 Å². The van der Waals surface area contributed by atoms with E-state index in [4.69, 9.17) is 21.0 Å². The van der Waals surface area contributed by atoms with Crippen LogP contribution in [0.1, 0.15) is 37.6 Å². The number of aryl methyl sites for hydroxylation is 1. The summed E-state index contributed by atoms with van der Waals surface area (Å²) in [6.45, 7) is 5.64. The Labute approximate surface area is 208 Å². The molecule has 1 unspecified atom stereocenters. The van der Waals surface area contributed by atoms with E-state index in [2.05, 4.69) is 10.6 Å². The minimum Gasteiger partial charge on any atom is -0.391 e. The lowest BCUT2D eigenvalue weighted by Crippen LogP contribution is -2.48. The average Bonchev–Trinajstić information content (AvgIpc) is 3.43. The highest BCUT2D eigenvalue weighted by atomic mass is 35.5. The van der Waals surface area contributed by atoms with Crippen LogP contribution in [-0.2, 0) is 9.59 Å². The topological polar surface area (TPSA) is 105 Å². The molecule has 3 aromatic rings. The zero-order chi connectivity index (χ0) is 25.1. The second-order valence-corrected chi connectivity index (χ2v) is 9.47. The van der Waals surface area contributed by atoms with Crippen LogP contribution in [0.3, 0.4) is 0 Å². The normalized spacial score (nSPS) is 18.5. The van der Waals surface area contributed by atoms with Gasteiger partial charge in [-0.2, -0.15) is 5.48 Å². The van der Waals surface area contributed by atoms with Gasteiger partial charge in [-0.15, -0.1) is 0 Å². The minimum atomic E-state index is -0.870. The SMILES string of the molecule is Cc1cc(C(C(=O)N2C[C@H](O)C[C@H]2C(=O)NOc2ccc(-c3ccccc3Cl)cc2)C(C)C)on1. The maximum atomic E-state index is 13.4. The molecule has 2 aromatic carbocycles. The standard InChI is InChI=1S/C26H28ClN3O5/c1-15(2)24(23-12-16(3)28-35-23)26(33)30-14-18(31)13-22(30)25(32)29-34-19-10-8-17(9-11-19)20-6-4-5-7-21(20)27/h4-12,15,18,22,24,31H,13-14H2,1-3H3,(H,29,32)/t18-,22+,24?/m1/s1. The van der Waals surface area contributed by atoms with Crippen LogP contribution < -0.4 is 10.3 Å². The largest absolute Gasteiger partial charge is 0.391 e. The van der Waals surface area contributed by atoms with E-state index in [1.165, 1.54) is 4.90 Å². The number of carbonyl (C=O) groups excluding carboxylic acids is 2. The first-order chi connectivity index (χ1) is 16.7. The number of carbonyl (C=O) groups is 2. The van der Waals surface area contributed by atoms with Gasteiger partial charge >= 0.3 is 0 Å². The van der Waals surface area contributed by atoms with Gasteiger partial charge in [-0.3, -0.25) is 9.59 Å². The molecule has 0 radical (unpaired) electrons. The number of aliphatic hydroxyl groups is 1. The van der Waals surface area contributed by atoms with Crippen molar-refractivity contribution in [1.82, 2.24) is 15.5 Å². The van der Waals surface area contributed by atoms with Crippen molar-refractivity contribution in [3.05, 3.63) is 71.1 Å². The molecule has 2 amide bonds. The smallest absolute Gasteiger partial charge is 0.275 e. The van der Waals surface area contributed by atoms with Gasteiger partial charge in [0.1, 0.15) is 17.7 Å². The van der Waals surface area contributed by atoms with Gasteiger partial charge in [0.2, 0.25) is 5.91 Å². The maximum Gasteiger partial charge on any atom is 0.275 e. The van der Waals surface area contributed by atoms with Crippen molar-refractivity contribution in [2.75, 3.05) is 6.54 Å². The van der Waals surface area contributed by atoms with Crippen LogP contribution in [0.5, 0.6) is 5.75 Å². The molecule has 1 aromatic heterocycles. The molecule has 0 bridgehead atoms. The number of likely N-dealkylation sites (tertiary alicyclic amines) is 1. The van der Waals surface area contributed by atoms with Crippen molar-refractivity contribution >= 4 is 23.4 Å². The van der Waals surface area contributed by atoms with Gasteiger partial charge in [-0.25, -0.2) is 0 Å². The fourth-order valence-corrected chi connectivity index (χ4v) is 4.57. The summed E-state index contributed by atoms with van der Waals surface area (Å²) < 4.78 is 5.35. The number of hydroxylamine groups is 1. The van der Waals surface area contributed by atoms with Crippen molar-refractivity contribution in [1.29, 1.82) is 0 Å². The molecule has 0 spiro atoms. The van der Waals surface area contributed by atoms with Crippen LogP contribution in [0.15, 0.2) is 59.1 Å². The molecular formula is C26H28ClN3O5. The van der Waals surface area contributed by atoms with Crippen LogP contribution in [-0.4, -0.2) is 45.7 Å². The predicted octanol–water partition coefficient (Wildman–Crippen LogP) is 4.12. The number of β-amino-alcohol motifs (C(OH)–C–C–N with tert-alkyl or cyclic N) is 1. The third-order valence-corrected chi connectivity index (χ3v) is 6.39. The first-order valence-electron chi connectivity index (χ1n) is 11.5. The minimum absolute atomic E-state index is 0.0553. The fourth-order valence-electron chi connectivity index (χ4n) is 4.32. The molecule has 2 N–H and O–H groups in total. The van der Waals surface area contributed by atoms with E-state index >= 15 is 0 Å². The Morgan fingerprint density at radius 2 is 1.91 bits per heavy atom. The van der Waals surface area contributed by atoms with Crippen molar-refractivity contribution in [2.45, 2.75) is 45.3 Å². The third kappa shape index (κ3) is 5.49. The lowest BCUT2D eigenvalue weighted by Gasteiger charge is -2.28. The summed E-state index contributed by atoms with van der Waals surface area (Å²) in [7, 11) is 0. The third-order valence-electron chi connectivity index (χ3n) is 6.06. The maximum absolute atomic E-state index is 13.4. The molecule has 1 saturated heterocycles. The Morgan fingerprint density at radius 3 is 2.54 bits per heavy atom. The van der Waals surface area contributed by atoms with Crippen LogP contribution in [0.4, 0.5) is 0 Å². The molecular weight excluding hydrogens is 470 g/mol. The number of aliphatic hydroxyl groups excluding tert-OH is 1. The van der Waals surface area contributed by atoms with Gasteiger partial charge < -0.3 is 19.4 Å². The summed E-state index contributed by atoms with van der Waals surface area (Å²) in [4.78, 5) is 33.3. The Balaban J connectivity index is 1.43. The fraction of sp³-hybridized carbons (Fsp3) is 0.346. The van der Waals surface area contributed by atoms with Crippen LogP contribution in [0, 0.1) is 12.8 Å². The number of hydrogen-bond acceptors (Lipinski definition) is 6. The van der Waals surface area contributed by atoms with E-state index in [0.717, 1.165) is 11.1 Å². The average molecular weight is 498 g/mol. The highest BCUT2D eigenvalue weighted by Gasteiger charge is 2.43. The molecule has 0 saturated carbocycles. The van der Waals surface area contributed by atoms with E-state index in [1.807, 2.05) is 50.2 Å². The summed E-state index contributed by atoms with van der Waals surface area (Å²) in [5, 5.41) is 14.8. The lowest BCUT2D eigenvalue weighted by atomic mass is 9.91. The monoisotopic (exact) mass is 497 g/mol. The van der Waals surface area contributed by atoms with E-state index in [9.17, 15) is 14.7 Å². The molecule has 184 valence electrons. The predicted molar refractivity (Wildman–Crippen MR) is 131 cm³/mol. The molecule has 1 aliphatic rings. The first-order valence-corrected chi connectivity index (χ1v) is 11.9. The lowest BCUT2D eigenvalue weighted by molar-refractivity contribution is -0.143. The highest BCUT2D eigenvalue weighted by Crippen LogP contribution is 2.31. The van der Waals surface area contributed by atoms with Crippen molar-refractivity contribution in [3.8, 4) is 16.9 Å². The van der Waals surface area contributed by atoms with Crippen molar-refractivity contribution in [3.63, 3.8) is 0 Å². The Hall–Kier alpha value is -3.36. The van der Waals surface area contributed by atoms with Gasteiger partial charge in [0.25, 0.3) is 5.91 Å². The van der Waals surface area contributed by atoms with E-state index in [1.54, 1.807) is 25.1 Å². The summed E-state index contributed by atoms with van der Waals surface area (Å²) in [5.41, 5.74) is 4.89. The summed E-state index contributed by atoms with van der Waals surface area (Å²) in [6, 6.07) is 15.5. The number of benzene rings is 2. The zero-order valence-corrected chi connectivity index (χ0v) is 20.5. The summed E-state index contributed by atoms with van der Waals surface area (Å²) in [5.74, 6) is -0.654. The number of halogens is 1. The highest BCUT2D eigenvalue weighted by molar-refractivity contribution is 6.33. The molecule has 35 heavy (non-hydrogen) atoms. The Kier molecular flexibility index (Phi) is 7.42. The molecule has 2 heterocycles. The number of hydrogen-bond donors (Lipinski definition) is 2. The molecule has 3 atom stereocenters. The molecule has 9 heteroatoms. The quantitative estimate of drug-likeness (QED) is 0.476. The van der Waals surface area contributed by atoms with Gasteiger partial charge in [0.05, 0.1) is 11.8 Å². The zero-order valence-electron chi connectivity index (χ0n) is 19.8. The number of amides is 2. The number of nitrogens with one attached hydrogen (secondary N) is 1. The van der Waals surface area contributed by atoms with Gasteiger partial charge in [-0.05, 0) is 36.6 Å². The van der Waals surface area contributed by atoms with Gasteiger partial charge in [0, 0.05) is 29.6 Å². The number of nitrogens with zero attached hydrogens (tertiary/aromatic N) is 2. The molecule has 4 rings (SSSR count). The summed E-state index contributed by atoms with van der Waals surface area (Å²) in [6.07, 6.45) is -0.694. The van der Waals surface area contributed by atoms with Crippen molar-refractivity contribution < 1.29 is 24.1 Å². The van der Waals surface area contributed by atoms with E-state index in [0.29, 0.717) is 22.2 Å². The second kappa shape index (κ2) is 10.5. The Bertz CT molecular complexity index is 1190. The molecule has 1 aliphatic heterocycles. The first kappa shape index (κ1) is 24.8. The van der Waals surface area contributed by atoms with Crippen LogP contribution >= 0.6 is 11.6 Å². The van der Waals surface area contributed by atoms with E-state index < -0.39 is 24.0 Å². The summed E-state index contributed by atoms with van der Waals surface area (Å²) >= 11 is 6.26. The van der Waals surface area contributed by atoms with Crippen molar-refractivity contribution in [2.24, 2.45) is 5.92 Å². The van der Waals surface area contributed by atoms with Crippen LogP contribution in [0.2, 0.25) is 5.02 Å². The second-order valence-electron chi connectivity index (χ2n) is 9.06.